The average molecular weight is 343 g/mol. The maximum Gasteiger partial charge on any atom is 0.276 e. The van der Waals surface area contributed by atoms with Crippen LogP contribution in [0.25, 0.3) is 0 Å². The molecule has 6 heteroatoms. The Labute approximate surface area is 151 Å². The Morgan fingerprint density at radius 2 is 1.88 bits per heavy atom. The highest BCUT2D eigenvalue weighted by atomic mass is 16.1. The first-order valence-corrected chi connectivity index (χ1v) is 8.05. The monoisotopic (exact) mass is 343 g/mol. The molecule has 0 aliphatic rings. The molecule has 26 heavy (non-hydrogen) atoms. The minimum atomic E-state index is -0.384. The van der Waals surface area contributed by atoms with Gasteiger partial charge in [0.05, 0.1) is 11.6 Å². The molecule has 0 spiro atoms. The molecule has 0 saturated carbocycles. The molecule has 0 radical (unpaired) electrons. The Balaban J connectivity index is 1.70. The lowest BCUT2D eigenvalue weighted by atomic mass is 10.1. The molecule has 0 saturated heterocycles. The van der Waals surface area contributed by atoms with Crippen molar-refractivity contribution in [1.82, 2.24) is 10.2 Å². The van der Waals surface area contributed by atoms with Gasteiger partial charge in [-0.1, -0.05) is 23.8 Å². The van der Waals surface area contributed by atoms with Crippen molar-refractivity contribution < 1.29 is 4.79 Å². The summed E-state index contributed by atoms with van der Waals surface area (Å²) in [4.78, 5) is 12.3. The minimum absolute atomic E-state index is 0.193. The van der Waals surface area contributed by atoms with Gasteiger partial charge in [-0.15, -0.1) is 10.2 Å². The van der Waals surface area contributed by atoms with Crippen molar-refractivity contribution in [2.45, 2.75) is 13.8 Å². The Morgan fingerprint density at radius 1 is 1.04 bits per heavy atom. The van der Waals surface area contributed by atoms with Gasteiger partial charge in [0.1, 0.15) is 0 Å². The molecule has 6 nitrogen and oxygen atoms in total. The van der Waals surface area contributed by atoms with Crippen LogP contribution in [-0.2, 0) is 0 Å². The van der Waals surface area contributed by atoms with Gasteiger partial charge in [-0.2, -0.15) is 5.26 Å². The van der Waals surface area contributed by atoms with Crippen LogP contribution < -0.4 is 10.6 Å². The number of hydrogen-bond acceptors (Lipinski definition) is 5. The topological polar surface area (TPSA) is 90.7 Å². The molecule has 2 aromatic carbocycles. The Morgan fingerprint density at radius 3 is 2.58 bits per heavy atom. The van der Waals surface area contributed by atoms with Crippen molar-refractivity contribution in [3.8, 4) is 6.07 Å². The van der Waals surface area contributed by atoms with Gasteiger partial charge in [0, 0.05) is 11.4 Å². The van der Waals surface area contributed by atoms with Crippen LogP contribution >= 0.6 is 0 Å². The number of rotatable bonds is 4. The molecule has 1 aromatic heterocycles. The van der Waals surface area contributed by atoms with Gasteiger partial charge >= 0.3 is 0 Å². The number of nitriles is 1. The third-order valence-electron chi connectivity index (χ3n) is 3.79. The maximum absolute atomic E-state index is 12.3. The van der Waals surface area contributed by atoms with Gasteiger partial charge in [-0.3, -0.25) is 4.79 Å². The van der Waals surface area contributed by atoms with Crippen LogP contribution in [0.1, 0.15) is 27.2 Å². The summed E-state index contributed by atoms with van der Waals surface area (Å²) in [6.45, 7) is 4.05. The number of benzene rings is 2. The number of amides is 1. The number of nitrogens with one attached hydrogen (secondary N) is 2. The lowest BCUT2D eigenvalue weighted by molar-refractivity contribution is 0.102. The van der Waals surface area contributed by atoms with Crippen LogP contribution in [0.2, 0.25) is 0 Å². The molecule has 1 heterocycles. The van der Waals surface area contributed by atoms with Crippen molar-refractivity contribution in [2.24, 2.45) is 0 Å². The summed E-state index contributed by atoms with van der Waals surface area (Å²) in [6.07, 6.45) is 0. The van der Waals surface area contributed by atoms with E-state index in [1.54, 1.807) is 36.4 Å². The normalized spacial score (nSPS) is 10.0. The predicted octanol–water partition coefficient (Wildman–Crippen LogP) is 3.96. The number of carbonyl (C=O) groups is 1. The van der Waals surface area contributed by atoms with E-state index in [-0.39, 0.29) is 11.6 Å². The second-order valence-electron chi connectivity index (χ2n) is 5.89. The van der Waals surface area contributed by atoms with E-state index >= 15 is 0 Å². The summed E-state index contributed by atoms with van der Waals surface area (Å²) in [5.41, 5.74) is 4.43. The zero-order valence-electron chi connectivity index (χ0n) is 14.4. The molecule has 3 rings (SSSR count). The van der Waals surface area contributed by atoms with Gasteiger partial charge in [0.25, 0.3) is 5.91 Å². The lowest BCUT2D eigenvalue weighted by Crippen LogP contribution is -2.14. The molecule has 0 bridgehead atoms. The van der Waals surface area contributed by atoms with Gasteiger partial charge in [0.15, 0.2) is 11.5 Å². The zero-order chi connectivity index (χ0) is 18.5. The van der Waals surface area contributed by atoms with Crippen LogP contribution in [0.15, 0.2) is 54.6 Å². The lowest BCUT2D eigenvalue weighted by Gasteiger charge is -2.09. The van der Waals surface area contributed by atoms with Gasteiger partial charge in [-0.05, 0) is 55.8 Å². The molecule has 1 amide bonds. The summed E-state index contributed by atoms with van der Waals surface area (Å²) in [5.74, 6) is 0.172. The highest BCUT2D eigenvalue weighted by Crippen LogP contribution is 2.20. The van der Waals surface area contributed by atoms with Crippen molar-refractivity contribution in [3.05, 3.63) is 77.0 Å². The van der Waals surface area contributed by atoms with Crippen LogP contribution in [0.4, 0.5) is 17.2 Å². The molecular formula is C20H17N5O. The Hall–Kier alpha value is -3.72. The quantitative estimate of drug-likeness (QED) is 0.748. The number of aryl methyl sites for hydroxylation is 2. The number of carbonyl (C=O) groups excluding carboxylic acids is 1. The number of anilines is 3. The Kier molecular flexibility index (Phi) is 4.90. The average Bonchev–Trinajstić information content (AvgIpc) is 2.64. The largest absolute Gasteiger partial charge is 0.339 e. The highest BCUT2D eigenvalue weighted by molar-refractivity contribution is 6.02. The van der Waals surface area contributed by atoms with Gasteiger partial charge < -0.3 is 10.6 Å². The van der Waals surface area contributed by atoms with Gasteiger partial charge in [-0.25, -0.2) is 0 Å². The van der Waals surface area contributed by atoms with Crippen molar-refractivity contribution >= 4 is 23.1 Å². The maximum atomic E-state index is 12.3. The molecule has 128 valence electrons. The fourth-order valence-electron chi connectivity index (χ4n) is 2.47. The summed E-state index contributed by atoms with van der Waals surface area (Å²) in [5, 5.41) is 22.8. The summed E-state index contributed by atoms with van der Waals surface area (Å²) < 4.78 is 0. The highest BCUT2D eigenvalue weighted by Gasteiger charge is 2.09. The van der Waals surface area contributed by atoms with Crippen LogP contribution in [0.5, 0.6) is 0 Å². The summed E-state index contributed by atoms with van der Waals surface area (Å²) in [6, 6.07) is 18.1. The van der Waals surface area contributed by atoms with E-state index in [1.807, 2.05) is 32.0 Å². The Bertz CT molecular complexity index is 990. The van der Waals surface area contributed by atoms with E-state index in [0.29, 0.717) is 17.1 Å². The minimum Gasteiger partial charge on any atom is -0.339 e. The predicted molar refractivity (Wildman–Crippen MR) is 100 cm³/mol. The van der Waals surface area contributed by atoms with Crippen molar-refractivity contribution in [3.63, 3.8) is 0 Å². The van der Waals surface area contributed by atoms with Gasteiger partial charge in [0.2, 0.25) is 0 Å². The molecule has 3 aromatic rings. The molecule has 0 fully saturated rings. The fourth-order valence-corrected chi connectivity index (χ4v) is 2.47. The first-order valence-electron chi connectivity index (χ1n) is 8.05. The molecule has 0 unspecified atom stereocenters. The first-order chi connectivity index (χ1) is 12.5. The van der Waals surface area contributed by atoms with Crippen LogP contribution in [0.3, 0.4) is 0 Å². The molecule has 0 aliphatic heterocycles. The van der Waals surface area contributed by atoms with E-state index in [4.69, 9.17) is 5.26 Å². The second kappa shape index (κ2) is 7.45. The second-order valence-corrected chi connectivity index (χ2v) is 5.89. The van der Waals surface area contributed by atoms with Crippen molar-refractivity contribution in [1.29, 1.82) is 5.26 Å². The SMILES string of the molecule is Cc1ccc(Nc2ccc(C(=O)Nc3cccc(C#N)c3)nn2)c(C)c1. The molecule has 2 N–H and O–H groups in total. The molecule has 0 atom stereocenters. The van der Waals surface area contributed by atoms with Crippen molar-refractivity contribution in [2.75, 3.05) is 10.6 Å². The summed E-state index contributed by atoms with van der Waals surface area (Å²) in [7, 11) is 0. The van der Waals surface area contributed by atoms with E-state index in [2.05, 4.69) is 26.9 Å². The molecular weight excluding hydrogens is 326 g/mol. The van der Waals surface area contributed by atoms with Crippen LogP contribution in [-0.4, -0.2) is 16.1 Å². The molecule has 0 aliphatic carbocycles. The van der Waals surface area contributed by atoms with E-state index in [0.717, 1.165) is 11.3 Å². The van der Waals surface area contributed by atoms with E-state index in [9.17, 15) is 4.79 Å². The van der Waals surface area contributed by atoms with E-state index < -0.39 is 0 Å². The number of nitrogens with zero attached hydrogens (tertiary/aromatic N) is 3. The third-order valence-corrected chi connectivity index (χ3v) is 3.79. The third kappa shape index (κ3) is 4.02. The smallest absolute Gasteiger partial charge is 0.276 e. The standard InChI is InChI=1S/C20H17N5O/c1-13-6-7-17(14(2)10-13)23-19-9-8-18(24-25-19)20(26)22-16-5-3-4-15(11-16)12-21/h3-11H,1-2H3,(H,22,26)(H,23,25). The first kappa shape index (κ1) is 17.1. The number of hydrogen-bond donors (Lipinski definition) is 2. The number of aromatic nitrogens is 2. The van der Waals surface area contributed by atoms with E-state index in [1.165, 1.54) is 5.56 Å². The van der Waals surface area contributed by atoms with Crippen LogP contribution in [0, 0.1) is 25.2 Å². The zero-order valence-corrected chi connectivity index (χ0v) is 14.4. The summed E-state index contributed by atoms with van der Waals surface area (Å²) >= 11 is 0. The fraction of sp³-hybridized carbons (Fsp3) is 0.100.